The summed E-state index contributed by atoms with van der Waals surface area (Å²) in [4.78, 5) is 0. The molecule has 5 heteroatoms. The fourth-order valence-electron chi connectivity index (χ4n) is 1.56. The number of hydrogen-bond acceptors (Lipinski definition) is 2. The molecular weight excluding hydrogens is 283 g/mol. The van der Waals surface area contributed by atoms with Crippen LogP contribution in [-0.2, 0) is 0 Å². The van der Waals surface area contributed by atoms with E-state index in [1.807, 2.05) is 19.1 Å². The van der Waals surface area contributed by atoms with E-state index in [1.54, 1.807) is 24.3 Å². The summed E-state index contributed by atoms with van der Waals surface area (Å²) in [5, 5.41) is 8.23. The molecule has 19 heavy (non-hydrogen) atoms. The summed E-state index contributed by atoms with van der Waals surface area (Å²) in [7, 11) is 0. The average Bonchev–Trinajstić information content (AvgIpc) is 2.36. The molecule has 3 N–H and O–H groups in total. The molecule has 0 aliphatic rings. The lowest BCUT2D eigenvalue weighted by Gasteiger charge is -2.10. The fourth-order valence-corrected chi connectivity index (χ4v) is 1.93. The van der Waals surface area contributed by atoms with Gasteiger partial charge in [0.2, 0.25) is 0 Å². The van der Waals surface area contributed by atoms with E-state index in [4.69, 9.17) is 39.1 Å². The Kier molecular flexibility index (Phi) is 3.98. The number of halogens is 2. The molecule has 0 aliphatic carbocycles. The third-order valence-electron chi connectivity index (χ3n) is 2.55. The van der Waals surface area contributed by atoms with Gasteiger partial charge in [0.05, 0.1) is 10.0 Å². The van der Waals surface area contributed by atoms with Crippen molar-refractivity contribution in [1.29, 1.82) is 5.41 Å². The van der Waals surface area contributed by atoms with Crippen LogP contribution in [0.1, 0.15) is 11.1 Å². The number of nitrogen functional groups attached to an aromatic ring is 1. The quantitative estimate of drug-likeness (QED) is 0.652. The molecule has 0 heterocycles. The lowest BCUT2D eigenvalue weighted by Crippen LogP contribution is -2.10. The second-order valence-corrected chi connectivity index (χ2v) is 4.91. The van der Waals surface area contributed by atoms with Crippen molar-refractivity contribution in [1.82, 2.24) is 0 Å². The molecule has 0 spiro atoms. The third kappa shape index (κ3) is 3.19. The highest BCUT2D eigenvalue weighted by Gasteiger charge is 2.08. The maximum Gasteiger partial charge on any atom is 0.146 e. The number of nitrogens with two attached hydrogens (primary N) is 1. The van der Waals surface area contributed by atoms with E-state index in [1.165, 1.54) is 0 Å². The van der Waals surface area contributed by atoms with Gasteiger partial charge in [0.1, 0.15) is 17.3 Å². The van der Waals surface area contributed by atoms with Crippen LogP contribution in [0.5, 0.6) is 11.5 Å². The van der Waals surface area contributed by atoms with Crippen molar-refractivity contribution >= 4 is 29.0 Å². The Labute approximate surface area is 121 Å². The van der Waals surface area contributed by atoms with Gasteiger partial charge >= 0.3 is 0 Å². The van der Waals surface area contributed by atoms with Crippen LogP contribution in [0.2, 0.25) is 10.0 Å². The summed E-state index contributed by atoms with van der Waals surface area (Å²) in [6, 6.07) is 10.4. The summed E-state index contributed by atoms with van der Waals surface area (Å²) in [5.74, 6) is 0.973. The van der Waals surface area contributed by atoms with Crippen molar-refractivity contribution in [3.63, 3.8) is 0 Å². The highest BCUT2D eigenvalue weighted by atomic mass is 35.5. The van der Waals surface area contributed by atoms with E-state index < -0.39 is 0 Å². The molecule has 0 atom stereocenters. The van der Waals surface area contributed by atoms with Gasteiger partial charge in [0.15, 0.2) is 0 Å². The molecular formula is C14H12Cl2N2O. The highest BCUT2D eigenvalue weighted by molar-refractivity contribution is 6.33. The first-order chi connectivity index (χ1) is 8.97. The maximum atomic E-state index is 7.34. The zero-order chi connectivity index (χ0) is 14.0. The Morgan fingerprint density at radius 3 is 2.42 bits per heavy atom. The Balaban J connectivity index is 2.33. The first-order valence-electron chi connectivity index (χ1n) is 5.55. The van der Waals surface area contributed by atoms with E-state index in [-0.39, 0.29) is 5.84 Å². The number of amidine groups is 1. The lowest BCUT2D eigenvalue weighted by molar-refractivity contribution is 0.483. The maximum absolute atomic E-state index is 7.34. The molecule has 0 aliphatic heterocycles. The molecule has 0 unspecified atom stereocenters. The van der Waals surface area contributed by atoms with Gasteiger partial charge in [-0.3, -0.25) is 5.41 Å². The normalized spacial score (nSPS) is 10.3. The monoisotopic (exact) mass is 294 g/mol. The largest absolute Gasteiger partial charge is 0.454 e. The van der Waals surface area contributed by atoms with Gasteiger partial charge in [-0.05, 0) is 42.8 Å². The van der Waals surface area contributed by atoms with Gasteiger partial charge in [-0.2, -0.15) is 0 Å². The minimum Gasteiger partial charge on any atom is -0.454 e. The smallest absolute Gasteiger partial charge is 0.146 e. The molecule has 2 aromatic carbocycles. The summed E-state index contributed by atoms with van der Waals surface area (Å²) in [5.41, 5.74) is 6.98. The topological polar surface area (TPSA) is 59.1 Å². The van der Waals surface area contributed by atoms with Crippen LogP contribution in [0.4, 0.5) is 0 Å². The molecule has 0 saturated carbocycles. The molecule has 3 nitrogen and oxygen atoms in total. The minimum atomic E-state index is -0.0398. The standard InChI is InChI=1S/C14H12Cl2N2O/c1-8-2-4-10(15)13(6-8)19-12-5-3-9(14(17)18)7-11(12)16/h2-7H,1H3,(H3,17,18). The van der Waals surface area contributed by atoms with E-state index in [9.17, 15) is 0 Å². The van der Waals surface area contributed by atoms with Crippen LogP contribution in [0.25, 0.3) is 0 Å². The highest BCUT2D eigenvalue weighted by Crippen LogP contribution is 2.34. The van der Waals surface area contributed by atoms with Crippen molar-refractivity contribution in [2.45, 2.75) is 6.92 Å². The fraction of sp³-hybridized carbons (Fsp3) is 0.0714. The van der Waals surface area contributed by atoms with Crippen molar-refractivity contribution in [3.05, 3.63) is 57.6 Å². The van der Waals surface area contributed by atoms with E-state index in [0.29, 0.717) is 27.1 Å². The van der Waals surface area contributed by atoms with Crippen LogP contribution in [0.15, 0.2) is 36.4 Å². The van der Waals surface area contributed by atoms with E-state index in [0.717, 1.165) is 5.56 Å². The second-order valence-electron chi connectivity index (χ2n) is 4.09. The Morgan fingerprint density at radius 2 is 1.79 bits per heavy atom. The van der Waals surface area contributed by atoms with Crippen LogP contribution in [0, 0.1) is 12.3 Å². The van der Waals surface area contributed by atoms with Gasteiger partial charge in [-0.15, -0.1) is 0 Å². The number of benzene rings is 2. The average molecular weight is 295 g/mol. The number of hydrogen-bond donors (Lipinski definition) is 2. The van der Waals surface area contributed by atoms with Gasteiger partial charge in [0.25, 0.3) is 0 Å². The van der Waals surface area contributed by atoms with Crippen molar-refractivity contribution < 1.29 is 4.74 Å². The molecule has 0 fully saturated rings. The molecule has 2 rings (SSSR count). The Morgan fingerprint density at radius 1 is 1.05 bits per heavy atom. The molecule has 0 radical (unpaired) electrons. The third-order valence-corrected chi connectivity index (χ3v) is 3.16. The SMILES string of the molecule is Cc1ccc(Cl)c(Oc2ccc(C(=N)N)cc2Cl)c1. The van der Waals surface area contributed by atoms with Crippen molar-refractivity contribution in [2.75, 3.05) is 0 Å². The number of ether oxygens (including phenoxy) is 1. The molecule has 98 valence electrons. The molecule has 0 amide bonds. The summed E-state index contributed by atoms with van der Waals surface area (Å²) in [6.45, 7) is 1.95. The van der Waals surface area contributed by atoms with Crippen molar-refractivity contribution in [3.8, 4) is 11.5 Å². The first-order valence-corrected chi connectivity index (χ1v) is 6.31. The minimum absolute atomic E-state index is 0.0398. The van der Waals surface area contributed by atoms with E-state index in [2.05, 4.69) is 0 Å². The number of rotatable bonds is 3. The van der Waals surface area contributed by atoms with Gasteiger partial charge in [0, 0.05) is 5.56 Å². The summed E-state index contributed by atoms with van der Waals surface area (Å²) < 4.78 is 5.68. The number of nitrogens with one attached hydrogen (secondary N) is 1. The first kappa shape index (κ1) is 13.7. The van der Waals surface area contributed by atoms with Crippen LogP contribution in [-0.4, -0.2) is 5.84 Å². The molecule has 0 saturated heterocycles. The predicted molar refractivity (Wildman–Crippen MR) is 78.7 cm³/mol. The second kappa shape index (κ2) is 5.51. The van der Waals surface area contributed by atoms with Gasteiger partial charge in [-0.1, -0.05) is 29.3 Å². The molecule has 2 aromatic rings. The predicted octanol–water partition coefficient (Wildman–Crippen LogP) is 4.38. The lowest BCUT2D eigenvalue weighted by atomic mass is 10.2. The molecule has 0 bridgehead atoms. The van der Waals surface area contributed by atoms with Crippen LogP contribution in [0.3, 0.4) is 0 Å². The zero-order valence-electron chi connectivity index (χ0n) is 10.2. The summed E-state index contributed by atoms with van der Waals surface area (Å²) in [6.07, 6.45) is 0. The van der Waals surface area contributed by atoms with Gasteiger partial charge < -0.3 is 10.5 Å². The number of aryl methyl sites for hydroxylation is 1. The van der Waals surface area contributed by atoms with Crippen molar-refractivity contribution in [2.24, 2.45) is 5.73 Å². The Bertz CT molecular complexity index is 641. The Hall–Kier alpha value is -1.71. The zero-order valence-corrected chi connectivity index (χ0v) is 11.7. The van der Waals surface area contributed by atoms with Gasteiger partial charge in [-0.25, -0.2) is 0 Å². The van der Waals surface area contributed by atoms with Crippen LogP contribution >= 0.6 is 23.2 Å². The molecule has 0 aromatic heterocycles. The van der Waals surface area contributed by atoms with E-state index >= 15 is 0 Å². The van der Waals surface area contributed by atoms with Crippen LogP contribution < -0.4 is 10.5 Å². The summed E-state index contributed by atoms with van der Waals surface area (Å²) >= 11 is 12.2.